The van der Waals surface area contributed by atoms with Gasteiger partial charge in [0.25, 0.3) is 0 Å². The second-order valence-corrected chi connectivity index (χ2v) is 6.36. The van der Waals surface area contributed by atoms with E-state index in [1.807, 2.05) is 0 Å². The standard InChI is InChI=1S/C11H14O6S/c12-11(13)9-3-5-17-10(9)7-18(14,15)6-8-2-1-4-16-8/h3,5,8H,1-2,4,6-7H2,(H,12,13). The molecule has 2 heterocycles. The summed E-state index contributed by atoms with van der Waals surface area (Å²) in [7, 11) is -3.43. The molecule has 0 radical (unpaired) electrons. The van der Waals surface area contributed by atoms with Crippen LogP contribution in [-0.2, 0) is 20.3 Å². The largest absolute Gasteiger partial charge is 0.478 e. The molecule has 0 aliphatic carbocycles. The van der Waals surface area contributed by atoms with Gasteiger partial charge in [-0.15, -0.1) is 0 Å². The van der Waals surface area contributed by atoms with Crippen LogP contribution in [0.25, 0.3) is 0 Å². The normalized spacial score (nSPS) is 20.1. The van der Waals surface area contributed by atoms with E-state index in [2.05, 4.69) is 0 Å². The van der Waals surface area contributed by atoms with Gasteiger partial charge in [0.15, 0.2) is 9.84 Å². The van der Waals surface area contributed by atoms with Crippen molar-refractivity contribution in [1.29, 1.82) is 0 Å². The highest BCUT2D eigenvalue weighted by atomic mass is 32.2. The van der Waals surface area contributed by atoms with Crippen molar-refractivity contribution >= 4 is 15.8 Å². The molecule has 18 heavy (non-hydrogen) atoms. The fraction of sp³-hybridized carbons (Fsp3) is 0.545. The van der Waals surface area contributed by atoms with Crippen molar-refractivity contribution in [3.8, 4) is 0 Å². The molecule has 0 spiro atoms. The molecule has 7 heteroatoms. The number of rotatable bonds is 5. The van der Waals surface area contributed by atoms with Crippen LogP contribution >= 0.6 is 0 Å². The summed E-state index contributed by atoms with van der Waals surface area (Å²) in [5.74, 6) is -1.71. The van der Waals surface area contributed by atoms with E-state index in [-0.39, 0.29) is 23.2 Å². The van der Waals surface area contributed by atoms with E-state index in [0.717, 1.165) is 12.8 Å². The molecule has 1 unspecified atom stereocenters. The third-order valence-electron chi connectivity index (χ3n) is 2.79. The molecule has 1 fully saturated rings. The van der Waals surface area contributed by atoms with Crippen molar-refractivity contribution in [3.05, 3.63) is 23.7 Å². The zero-order valence-corrected chi connectivity index (χ0v) is 10.5. The van der Waals surface area contributed by atoms with Gasteiger partial charge in [0.05, 0.1) is 18.1 Å². The van der Waals surface area contributed by atoms with E-state index in [0.29, 0.717) is 6.61 Å². The lowest BCUT2D eigenvalue weighted by Crippen LogP contribution is -2.21. The average molecular weight is 274 g/mol. The molecule has 0 bridgehead atoms. The van der Waals surface area contributed by atoms with E-state index in [1.165, 1.54) is 12.3 Å². The SMILES string of the molecule is O=C(O)c1ccoc1CS(=O)(=O)CC1CCCO1. The van der Waals surface area contributed by atoms with Crippen molar-refractivity contribution in [3.63, 3.8) is 0 Å². The van der Waals surface area contributed by atoms with Gasteiger partial charge in [0.1, 0.15) is 17.1 Å². The highest BCUT2D eigenvalue weighted by Crippen LogP contribution is 2.19. The van der Waals surface area contributed by atoms with E-state index < -0.39 is 21.6 Å². The summed E-state index contributed by atoms with van der Waals surface area (Å²) in [6, 6.07) is 1.25. The lowest BCUT2D eigenvalue weighted by atomic mass is 10.3. The number of hydrogen-bond donors (Lipinski definition) is 1. The second kappa shape index (κ2) is 5.11. The lowest BCUT2D eigenvalue weighted by Gasteiger charge is -2.09. The zero-order valence-electron chi connectivity index (χ0n) is 9.66. The van der Waals surface area contributed by atoms with Gasteiger partial charge in [-0.05, 0) is 18.9 Å². The lowest BCUT2D eigenvalue weighted by molar-refractivity contribution is 0.0695. The molecule has 1 aromatic rings. The summed E-state index contributed by atoms with van der Waals surface area (Å²) >= 11 is 0. The predicted molar refractivity (Wildman–Crippen MR) is 62.1 cm³/mol. The van der Waals surface area contributed by atoms with Gasteiger partial charge in [0, 0.05) is 6.61 Å². The molecule has 1 aliphatic rings. The minimum absolute atomic E-state index is 0.0273. The van der Waals surface area contributed by atoms with Crippen LogP contribution in [0.3, 0.4) is 0 Å². The Bertz CT molecular complexity index is 523. The fourth-order valence-corrected chi connectivity index (χ4v) is 3.53. The molecule has 2 rings (SSSR count). The van der Waals surface area contributed by atoms with Crippen LogP contribution in [0.15, 0.2) is 16.7 Å². The molecular formula is C11H14O6S. The van der Waals surface area contributed by atoms with E-state index in [1.54, 1.807) is 0 Å². The Morgan fingerprint density at radius 2 is 2.28 bits per heavy atom. The average Bonchev–Trinajstić information content (AvgIpc) is 2.87. The molecule has 1 aliphatic heterocycles. The molecule has 1 saturated heterocycles. The van der Waals surface area contributed by atoms with E-state index in [4.69, 9.17) is 14.3 Å². The van der Waals surface area contributed by atoms with Crippen LogP contribution in [0, 0.1) is 0 Å². The summed E-state index contributed by atoms with van der Waals surface area (Å²) in [5.41, 5.74) is -0.106. The predicted octanol–water partition coefficient (Wildman–Crippen LogP) is 1.07. The first kappa shape index (κ1) is 13.1. The Morgan fingerprint density at radius 3 is 2.89 bits per heavy atom. The van der Waals surface area contributed by atoms with Crippen LogP contribution in [0.5, 0.6) is 0 Å². The number of sulfone groups is 1. The molecule has 1 atom stereocenters. The van der Waals surface area contributed by atoms with Crippen LogP contribution in [0.1, 0.15) is 29.0 Å². The van der Waals surface area contributed by atoms with Gasteiger partial charge in [0.2, 0.25) is 0 Å². The fourth-order valence-electron chi connectivity index (χ4n) is 1.96. The first-order valence-corrected chi connectivity index (χ1v) is 7.42. The Balaban J connectivity index is 2.07. The van der Waals surface area contributed by atoms with Gasteiger partial charge in [-0.25, -0.2) is 13.2 Å². The summed E-state index contributed by atoms with van der Waals surface area (Å²) < 4.78 is 34.0. The van der Waals surface area contributed by atoms with Crippen molar-refractivity contribution in [2.45, 2.75) is 24.7 Å². The number of furan rings is 1. The molecular weight excluding hydrogens is 260 g/mol. The molecule has 0 amide bonds. The van der Waals surface area contributed by atoms with Crippen molar-refractivity contribution in [2.24, 2.45) is 0 Å². The number of aromatic carboxylic acids is 1. The van der Waals surface area contributed by atoms with Crippen molar-refractivity contribution in [2.75, 3.05) is 12.4 Å². The quantitative estimate of drug-likeness (QED) is 0.863. The van der Waals surface area contributed by atoms with Gasteiger partial charge in [-0.3, -0.25) is 0 Å². The van der Waals surface area contributed by atoms with Crippen LogP contribution in [0.2, 0.25) is 0 Å². The Kier molecular flexibility index (Phi) is 3.72. The van der Waals surface area contributed by atoms with Crippen LogP contribution in [0.4, 0.5) is 0 Å². The monoisotopic (exact) mass is 274 g/mol. The van der Waals surface area contributed by atoms with Gasteiger partial charge in [-0.2, -0.15) is 0 Å². The van der Waals surface area contributed by atoms with Gasteiger partial charge in [-0.1, -0.05) is 0 Å². The van der Waals surface area contributed by atoms with Crippen molar-refractivity contribution in [1.82, 2.24) is 0 Å². The maximum absolute atomic E-state index is 11.9. The number of carboxylic acid groups (broad SMARTS) is 1. The Morgan fingerprint density at radius 1 is 1.50 bits per heavy atom. The molecule has 6 nitrogen and oxygen atoms in total. The third-order valence-corrected chi connectivity index (χ3v) is 4.37. The van der Waals surface area contributed by atoms with E-state index in [9.17, 15) is 13.2 Å². The first-order valence-electron chi connectivity index (χ1n) is 5.59. The number of carbonyl (C=O) groups is 1. The number of carboxylic acids is 1. The van der Waals surface area contributed by atoms with Crippen LogP contribution < -0.4 is 0 Å². The van der Waals surface area contributed by atoms with Gasteiger partial charge >= 0.3 is 5.97 Å². The summed E-state index contributed by atoms with van der Waals surface area (Å²) in [6.45, 7) is 0.585. The molecule has 1 N–H and O–H groups in total. The highest BCUT2D eigenvalue weighted by molar-refractivity contribution is 7.90. The summed E-state index contributed by atoms with van der Waals surface area (Å²) in [6.07, 6.45) is 2.49. The summed E-state index contributed by atoms with van der Waals surface area (Å²) in [5, 5.41) is 8.86. The maximum atomic E-state index is 11.9. The van der Waals surface area contributed by atoms with Crippen molar-refractivity contribution < 1.29 is 27.5 Å². The highest BCUT2D eigenvalue weighted by Gasteiger charge is 2.26. The Hall–Kier alpha value is -1.34. The van der Waals surface area contributed by atoms with E-state index >= 15 is 0 Å². The molecule has 0 saturated carbocycles. The number of hydrogen-bond acceptors (Lipinski definition) is 5. The zero-order chi connectivity index (χ0) is 13.2. The molecule has 1 aromatic heterocycles. The third kappa shape index (κ3) is 3.11. The molecule has 100 valence electrons. The smallest absolute Gasteiger partial charge is 0.339 e. The Labute approximate surface area is 104 Å². The maximum Gasteiger partial charge on any atom is 0.339 e. The van der Waals surface area contributed by atoms with Crippen LogP contribution in [-0.4, -0.2) is 38.0 Å². The molecule has 0 aromatic carbocycles. The second-order valence-electron chi connectivity index (χ2n) is 4.25. The minimum atomic E-state index is -3.43. The first-order chi connectivity index (χ1) is 8.48. The number of ether oxygens (including phenoxy) is 1. The minimum Gasteiger partial charge on any atom is -0.478 e. The summed E-state index contributed by atoms with van der Waals surface area (Å²) in [4.78, 5) is 10.8. The topological polar surface area (TPSA) is 93.8 Å². The van der Waals surface area contributed by atoms with Gasteiger partial charge < -0.3 is 14.3 Å².